The van der Waals surface area contributed by atoms with Gasteiger partial charge in [0, 0.05) is 12.4 Å². The molecule has 1 aromatic heterocycles. The zero-order chi connectivity index (χ0) is 8.27. The van der Waals surface area contributed by atoms with Crippen LogP contribution in [0.5, 0.6) is 0 Å². The highest BCUT2D eigenvalue weighted by molar-refractivity contribution is 5.85. The van der Waals surface area contributed by atoms with Crippen LogP contribution in [0.4, 0.5) is 0 Å². The molecule has 1 aromatic rings. The van der Waals surface area contributed by atoms with Crippen LogP contribution in [0, 0.1) is 0 Å². The molecule has 0 aliphatic carbocycles. The monoisotopic (exact) mass is 187 g/mol. The first kappa shape index (κ1) is 10.9. The first-order valence-electron chi connectivity index (χ1n) is 3.34. The van der Waals surface area contributed by atoms with Crippen molar-refractivity contribution in [2.45, 2.75) is 12.8 Å². The van der Waals surface area contributed by atoms with Gasteiger partial charge in [0.1, 0.15) is 0 Å². The molecule has 0 spiro atoms. The van der Waals surface area contributed by atoms with Crippen LogP contribution < -0.4 is 0 Å². The van der Waals surface area contributed by atoms with Crippen molar-refractivity contribution in [3.8, 4) is 0 Å². The minimum Gasteiger partial charge on any atom is -0.481 e. The molecule has 1 rings (SSSR count). The van der Waals surface area contributed by atoms with Gasteiger partial charge in [0.2, 0.25) is 0 Å². The molecule has 3 nitrogen and oxygen atoms in total. The van der Waals surface area contributed by atoms with Gasteiger partial charge in [-0.3, -0.25) is 9.78 Å². The van der Waals surface area contributed by atoms with Gasteiger partial charge in [-0.25, -0.2) is 0 Å². The number of carbonyl (C=O) groups is 1. The lowest BCUT2D eigenvalue weighted by atomic mass is 10.0. The third-order valence-corrected chi connectivity index (χ3v) is 1.58. The number of carboxylic acids is 1. The number of hydrogen-bond acceptors (Lipinski definition) is 2. The van der Waals surface area contributed by atoms with Gasteiger partial charge in [-0.2, -0.15) is 0 Å². The van der Waals surface area contributed by atoms with Crippen molar-refractivity contribution in [2.75, 3.05) is 0 Å². The van der Waals surface area contributed by atoms with Gasteiger partial charge in [-0.1, -0.05) is 0 Å². The summed E-state index contributed by atoms with van der Waals surface area (Å²) in [5.74, 6) is -1.26. The van der Waals surface area contributed by atoms with Crippen LogP contribution in [0.2, 0.25) is 0 Å². The third-order valence-electron chi connectivity index (χ3n) is 1.58. The van der Waals surface area contributed by atoms with Gasteiger partial charge in [-0.15, -0.1) is 12.4 Å². The zero-order valence-electron chi connectivity index (χ0n) is 6.60. The fraction of sp³-hybridized carbons (Fsp3) is 0.250. The Kier molecular flexibility index (Phi) is 4.29. The summed E-state index contributed by atoms with van der Waals surface area (Å²) in [6, 6.07) is 3.41. The maximum absolute atomic E-state index is 10.5. The van der Waals surface area contributed by atoms with Crippen LogP contribution in [0.15, 0.2) is 24.5 Å². The van der Waals surface area contributed by atoms with E-state index in [9.17, 15) is 4.79 Å². The lowest BCUT2D eigenvalue weighted by molar-refractivity contribution is -0.138. The summed E-state index contributed by atoms with van der Waals surface area (Å²) in [7, 11) is 0. The Balaban J connectivity index is 0.00000121. The number of carboxylic acid groups (broad SMARTS) is 1. The number of rotatable bonds is 2. The molecule has 12 heavy (non-hydrogen) atoms. The number of aliphatic carboxylic acids is 1. The summed E-state index contributed by atoms with van der Waals surface area (Å²) in [6.07, 6.45) is 3.18. The first-order chi connectivity index (χ1) is 5.22. The van der Waals surface area contributed by atoms with Crippen LogP contribution in [0.1, 0.15) is 18.4 Å². The van der Waals surface area contributed by atoms with E-state index in [1.165, 1.54) is 0 Å². The Labute approximate surface area is 76.9 Å². The molecule has 0 aliphatic rings. The fourth-order valence-electron chi connectivity index (χ4n) is 0.795. The van der Waals surface area contributed by atoms with Crippen molar-refractivity contribution in [2.24, 2.45) is 0 Å². The van der Waals surface area contributed by atoms with Crippen LogP contribution in [0.3, 0.4) is 0 Å². The van der Waals surface area contributed by atoms with E-state index < -0.39 is 11.9 Å². The Morgan fingerprint density at radius 1 is 1.50 bits per heavy atom. The number of nitrogens with zero attached hydrogens (tertiary/aromatic N) is 1. The van der Waals surface area contributed by atoms with Gasteiger partial charge >= 0.3 is 5.97 Å². The fourth-order valence-corrected chi connectivity index (χ4v) is 0.795. The first-order valence-corrected chi connectivity index (χ1v) is 3.34. The zero-order valence-corrected chi connectivity index (χ0v) is 7.41. The summed E-state index contributed by atoms with van der Waals surface area (Å²) < 4.78 is 0. The highest BCUT2D eigenvalue weighted by atomic mass is 35.5. The molecule has 0 aliphatic heterocycles. The molecule has 1 unspecified atom stereocenters. The standard InChI is InChI=1S/C8H9NO2.ClH/c1-6(8(10)11)7-2-4-9-5-3-7;/h2-6H,1H3,(H,10,11);1H. The molecule has 0 fully saturated rings. The second kappa shape index (κ2) is 4.72. The van der Waals surface area contributed by atoms with Gasteiger partial charge < -0.3 is 5.11 Å². The second-order valence-electron chi connectivity index (χ2n) is 2.34. The smallest absolute Gasteiger partial charge is 0.310 e. The van der Waals surface area contributed by atoms with Crippen LogP contribution in [-0.4, -0.2) is 16.1 Å². The number of pyridine rings is 1. The largest absolute Gasteiger partial charge is 0.481 e. The van der Waals surface area contributed by atoms with Gasteiger partial charge in [0.15, 0.2) is 0 Å². The van der Waals surface area contributed by atoms with E-state index in [1.807, 2.05) is 0 Å². The van der Waals surface area contributed by atoms with Crippen molar-refractivity contribution < 1.29 is 9.90 Å². The topological polar surface area (TPSA) is 50.2 Å². The minimum absolute atomic E-state index is 0. The van der Waals surface area contributed by atoms with E-state index in [0.29, 0.717) is 0 Å². The number of aromatic nitrogens is 1. The van der Waals surface area contributed by atoms with E-state index in [0.717, 1.165) is 5.56 Å². The molecule has 0 radical (unpaired) electrons. The molecule has 0 aromatic carbocycles. The van der Waals surface area contributed by atoms with Crippen molar-refractivity contribution in [1.29, 1.82) is 0 Å². The quantitative estimate of drug-likeness (QED) is 0.767. The van der Waals surface area contributed by atoms with Gasteiger partial charge in [0.05, 0.1) is 5.92 Å². The minimum atomic E-state index is -0.809. The normalized spacial score (nSPS) is 11.4. The maximum Gasteiger partial charge on any atom is 0.310 e. The summed E-state index contributed by atoms with van der Waals surface area (Å²) in [4.78, 5) is 14.3. The van der Waals surface area contributed by atoms with Crippen molar-refractivity contribution in [3.63, 3.8) is 0 Å². The molecule has 0 saturated heterocycles. The van der Waals surface area contributed by atoms with Gasteiger partial charge in [0.25, 0.3) is 0 Å². The second-order valence-corrected chi connectivity index (χ2v) is 2.34. The van der Waals surface area contributed by atoms with E-state index >= 15 is 0 Å². The van der Waals surface area contributed by atoms with Crippen LogP contribution in [-0.2, 0) is 4.79 Å². The van der Waals surface area contributed by atoms with Crippen LogP contribution >= 0.6 is 12.4 Å². The molecule has 4 heteroatoms. The van der Waals surface area contributed by atoms with E-state index in [-0.39, 0.29) is 12.4 Å². The number of hydrogen-bond donors (Lipinski definition) is 1. The molecule has 0 bridgehead atoms. The molecule has 1 heterocycles. The maximum atomic E-state index is 10.5. The predicted octanol–water partition coefficient (Wildman–Crippen LogP) is 1.69. The highest BCUT2D eigenvalue weighted by Crippen LogP contribution is 2.12. The van der Waals surface area contributed by atoms with Crippen LogP contribution in [0.25, 0.3) is 0 Å². The summed E-state index contributed by atoms with van der Waals surface area (Å²) in [5.41, 5.74) is 0.785. The molecular formula is C8H10ClNO2. The van der Waals surface area contributed by atoms with E-state index in [4.69, 9.17) is 5.11 Å². The molecule has 1 atom stereocenters. The summed E-state index contributed by atoms with van der Waals surface area (Å²) in [5, 5.41) is 8.62. The average molecular weight is 188 g/mol. The summed E-state index contributed by atoms with van der Waals surface area (Å²) >= 11 is 0. The molecule has 0 saturated carbocycles. The number of halogens is 1. The van der Waals surface area contributed by atoms with E-state index in [1.54, 1.807) is 31.5 Å². The SMILES string of the molecule is CC(C(=O)O)c1ccncc1.Cl. The van der Waals surface area contributed by atoms with Gasteiger partial charge in [-0.05, 0) is 24.6 Å². The summed E-state index contributed by atoms with van der Waals surface area (Å²) in [6.45, 7) is 1.65. The van der Waals surface area contributed by atoms with Crippen molar-refractivity contribution in [1.82, 2.24) is 4.98 Å². The third kappa shape index (κ3) is 2.51. The van der Waals surface area contributed by atoms with Crippen molar-refractivity contribution in [3.05, 3.63) is 30.1 Å². The average Bonchev–Trinajstić information content (AvgIpc) is 2.05. The molecular weight excluding hydrogens is 178 g/mol. The Morgan fingerprint density at radius 2 is 2.00 bits per heavy atom. The molecule has 0 amide bonds. The lowest BCUT2D eigenvalue weighted by Crippen LogP contribution is -2.06. The lowest BCUT2D eigenvalue weighted by Gasteiger charge is -2.03. The Morgan fingerprint density at radius 3 is 2.42 bits per heavy atom. The molecule has 66 valence electrons. The van der Waals surface area contributed by atoms with E-state index in [2.05, 4.69) is 4.98 Å². The highest BCUT2D eigenvalue weighted by Gasteiger charge is 2.11. The Bertz CT molecular complexity index is 250. The Hall–Kier alpha value is -1.09. The van der Waals surface area contributed by atoms with Crippen molar-refractivity contribution >= 4 is 18.4 Å². The predicted molar refractivity (Wildman–Crippen MR) is 47.5 cm³/mol. The molecule has 1 N–H and O–H groups in total.